The first kappa shape index (κ1) is 10.9. The van der Waals surface area contributed by atoms with Gasteiger partial charge in [-0.15, -0.1) is 0 Å². The van der Waals surface area contributed by atoms with E-state index in [1.165, 1.54) is 19.1 Å². The summed E-state index contributed by atoms with van der Waals surface area (Å²) >= 11 is 5.73. The summed E-state index contributed by atoms with van der Waals surface area (Å²) < 4.78 is 12.7. The zero-order valence-corrected chi connectivity index (χ0v) is 8.31. The van der Waals surface area contributed by atoms with Crippen molar-refractivity contribution < 1.29 is 9.18 Å². The molecule has 0 aliphatic heterocycles. The van der Waals surface area contributed by atoms with Gasteiger partial charge in [0.1, 0.15) is 11.4 Å². The monoisotopic (exact) mass is 216 g/mol. The van der Waals surface area contributed by atoms with Gasteiger partial charge in [0.15, 0.2) is 0 Å². The van der Waals surface area contributed by atoms with Crippen LogP contribution in [-0.4, -0.2) is 5.91 Å². The van der Waals surface area contributed by atoms with Crippen LogP contribution in [0.1, 0.15) is 12.5 Å². The number of hydrogen-bond donors (Lipinski definition) is 2. The minimum Gasteiger partial charge on any atom is -0.368 e. The Morgan fingerprint density at radius 3 is 2.57 bits per heavy atom. The van der Waals surface area contributed by atoms with Crippen LogP contribution >= 0.6 is 11.6 Å². The minimum absolute atomic E-state index is 0.0915. The van der Waals surface area contributed by atoms with Crippen molar-refractivity contribution in [2.45, 2.75) is 12.5 Å². The van der Waals surface area contributed by atoms with Gasteiger partial charge in [-0.1, -0.05) is 17.7 Å². The predicted octanol–water partition coefficient (Wildman–Crippen LogP) is 1.14. The van der Waals surface area contributed by atoms with Crippen LogP contribution in [0, 0.1) is 5.82 Å². The molecule has 0 saturated carbocycles. The fourth-order valence-corrected chi connectivity index (χ4v) is 1.41. The van der Waals surface area contributed by atoms with E-state index in [2.05, 4.69) is 0 Å². The lowest BCUT2D eigenvalue weighted by molar-refractivity contribution is -0.122. The van der Waals surface area contributed by atoms with Gasteiger partial charge in [0, 0.05) is 5.02 Å². The molecule has 1 aromatic carbocycles. The van der Waals surface area contributed by atoms with Crippen LogP contribution < -0.4 is 11.5 Å². The fourth-order valence-electron chi connectivity index (χ4n) is 1.04. The maximum absolute atomic E-state index is 12.7. The number of benzene rings is 1. The molecular weight excluding hydrogens is 207 g/mol. The Kier molecular flexibility index (Phi) is 2.78. The number of hydrogen-bond acceptors (Lipinski definition) is 2. The Bertz CT molecular complexity index is 379. The second-order valence-corrected chi connectivity index (χ2v) is 3.60. The molecule has 0 aliphatic rings. The maximum Gasteiger partial charge on any atom is 0.241 e. The maximum atomic E-state index is 12.7. The Morgan fingerprint density at radius 1 is 1.57 bits per heavy atom. The first-order valence-corrected chi connectivity index (χ1v) is 4.28. The number of primary amides is 1. The van der Waals surface area contributed by atoms with Gasteiger partial charge < -0.3 is 11.5 Å². The SMILES string of the molecule is CC(N)(C(N)=O)c1ccc(F)cc1Cl. The zero-order chi connectivity index (χ0) is 10.9. The molecule has 1 amide bonds. The number of carbonyl (C=O) groups is 1. The van der Waals surface area contributed by atoms with Crippen molar-refractivity contribution in [3.05, 3.63) is 34.6 Å². The van der Waals surface area contributed by atoms with E-state index in [-0.39, 0.29) is 5.02 Å². The molecule has 0 aromatic heterocycles. The van der Waals surface area contributed by atoms with Crippen LogP contribution in [0.2, 0.25) is 5.02 Å². The van der Waals surface area contributed by atoms with Crippen LogP contribution in [-0.2, 0) is 10.3 Å². The van der Waals surface area contributed by atoms with Crippen LogP contribution in [0.4, 0.5) is 4.39 Å². The molecular formula is C9H10ClFN2O. The lowest BCUT2D eigenvalue weighted by Crippen LogP contribution is -2.46. The fraction of sp³-hybridized carbons (Fsp3) is 0.222. The summed E-state index contributed by atoms with van der Waals surface area (Å²) in [5.74, 6) is -1.20. The van der Waals surface area contributed by atoms with E-state index >= 15 is 0 Å². The molecule has 0 fully saturated rings. The molecule has 0 spiro atoms. The second-order valence-electron chi connectivity index (χ2n) is 3.19. The third-order valence-corrected chi connectivity index (χ3v) is 2.32. The zero-order valence-electron chi connectivity index (χ0n) is 7.55. The normalized spacial score (nSPS) is 14.9. The summed E-state index contributed by atoms with van der Waals surface area (Å²) in [7, 11) is 0. The smallest absolute Gasteiger partial charge is 0.241 e. The lowest BCUT2D eigenvalue weighted by Gasteiger charge is -2.22. The van der Waals surface area contributed by atoms with E-state index in [4.69, 9.17) is 23.1 Å². The second kappa shape index (κ2) is 3.55. The highest BCUT2D eigenvalue weighted by molar-refractivity contribution is 6.31. The molecule has 0 saturated heterocycles. The highest BCUT2D eigenvalue weighted by Gasteiger charge is 2.30. The molecule has 0 aliphatic carbocycles. The average Bonchev–Trinajstić information content (AvgIpc) is 2.02. The quantitative estimate of drug-likeness (QED) is 0.778. The van der Waals surface area contributed by atoms with Crippen molar-refractivity contribution in [2.75, 3.05) is 0 Å². The third-order valence-electron chi connectivity index (χ3n) is 2.00. The Morgan fingerprint density at radius 2 is 2.14 bits per heavy atom. The molecule has 1 rings (SSSR count). The van der Waals surface area contributed by atoms with Crippen molar-refractivity contribution in [1.29, 1.82) is 0 Å². The number of nitrogens with two attached hydrogens (primary N) is 2. The number of halogens is 2. The highest BCUT2D eigenvalue weighted by Crippen LogP contribution is 2.26. The number of amides is 1. The summed E-state index contributed by atoms with van der Waals surface area (Å²) in [6.45, 7) is 1.43. The Balaban J connectivity index is 3.26. The van der Waals surface area contributed by atoms with Gasteiger partial charge in [-0.25, -0.2) is 4.39 Å². The van der Waals surface area contributed by atoms with Gasteiger partial charge in [0.2, 0.25) is 5.91 Å². The first-order valence-electron chi connectivity index (χ1n) is 3.90. The molecule has 0 radical (unpaired) electrons. The van der Waals surface area contributed by atoms with Gasteiger partial charge in [-0.3, -0.25) is 4.79 Å². The molecule has 1 unspecified atom stereocenters. The van der Waals surface area contributed by atoms with Crippen molar-refractivity contribution in [3.63, 3.8) is 0 Å². The van der Waals surface area contributed by atoms with Gasteiger partial charge in [-0.05, 0) is 24.6 Å². The van der Waals surface area contributed by atoms with Crippen LogP contribution in [0.5, 0.6) is 0 Å². The molecule has 0 heterocycles. The molecule has 3 nitrogen and oxygen atoms in total. The summed E-state index contributed by atoms with van der Waals surface area (Å²) in [5.41, 5.74) is 9.67. The summed E-state index contributed by atoms with van der Waals surface area (Å²) in [6.07, 6.45) is 0. The van der Waals surface area contributed by atoms with Crippen molar-refractivity contribution in [1.82, 2.24) is 0 Å². The first-order chi connectivity index (χ1) is 6.35. The molecule has 76 valence electrons. The van der Waals surface area contributed by atoms with Crippen molar-refractivity contribution in [3.8, 4) is 0 Å². The van der Waals surface area contributed by atoms with Crippen molar-refractivity contribution in [2.24, 2.45) is 11.5 Å². The van der Waals surface area contributed by atoms with Gasteiger partial charge >= 0.3 is 0 Å². The van der Waals surface area contributed by atoms with Crippen molar-refractivity contribution >= 4 is 17.5 Å². The van der Waals surface area contributed by atoms with E-state index in [0.29, 0.717) is 5.56 Å². The van der Waals surface area contributed by atoms with Gasteiger partial charge in [0.05, 0.1) is 0 Å². The van der Waals surface area contributed by atoms with E-state index < -0.39 is 17.3 Å². The molecule has 14 heavy (non-hydrogen) atoms. The van der Waals surface area contributed by atoms with E-state index in [0.717, 1.165) is 6.07 Å². The Labute approximate surface area is 85.8 Å². The van der Waals surface area contributed by atoms with Gasteiger partial charge in [0.25, 0.3) is 0 Å². The Hall–Kier alpha value is -1.13. The minimum atomic E-state index is -1.38. The summed E-state index contributed by atoms with van der Waals surface area (Å²) in [6, 6.07) is 3.61. The molecule has 1 aromatic rings. The molecule has 0 bridgehead atoms. The van der Waals surface area contributed by atoms with Crippen LogP contribution in [0.25, 0.3) is 0 Å². The standard InChI is InChI=1S/C9H10ClFN2O/c1-9(13,8(12)14)6-3-2-5(11)4-7(6)10/h2-4H,13H2,1H3,(H2,12,14). The number of carbonyl (C=O) groups excluding carboxylic acids is 1. The summed E-state index contributed by atoms with van der Waals surface area (Å²) in [4.78, 5) is 11.0. The van der Waals surface area contributed by atoms with Crippen LogP contribution in [0.3, 0.4) is 0 Å². The number of rotatable bonds is 2. The summed E-state index contributed by atoms with van der Waals surface area (Å²) in [5, 5.41) is 0.0915. The van der Waals surface area contributed by atoms with Crippen LogP contribution in [0.15, 0.2) is 18.2 Å². The van der Waals surface area contributed by atoms with Gasteiger partial charge in [-0.2, -0.15) is 0 Å². The molecule has 4 N–H and O–H groups in total. The average molecular weight is 217 g/mol. The topological polar surface area (TPSA) is 69.1 Å². The van der Waals surface area contributed by atoms with E-state index in [1.807, 2.05) is 0 Å². The highest BCUT2D eigenvalue weighted by atomic mass is 35.5. The van der Waals surface area contributed by atoms with E-state index in [1.54, 1.807) is 0 Å². The third kappa shape index (κ3) is 1.86. The van der Waals surface area contributed by atoms with E-state index in [9.17, 15) is 9.18 Å². The lowest BCUT2D eigenvalue weighted by atomic mass is 9.92. The molecule has 5 heteroatoms. The predicted molar refractivity (Wildman–Crippen MR) is 52.1 cm³/mol. The largest absolute Gasteiger partial charge is 0.368 e. The molecule has 1 atom stereocenters.